The molecule has 1 aliphatic rings. The van der Waals surface area contributed by atoms with Gasteiger partial charge in [0.2, 0.25) is 5.91 Å². The number of hydrogen-bond acceptors (Lipinski definition) is 3. The first-order valence-electron chi connectivity index (χ1n) is 10.3. The molecule has 0 bridgehead atoms. The number of benzene rings is 2. The van der Waals surface area contributed by atoms with Gasteiger partial charge in [0.25, 0.3) is 5.91 Å². The van der Waals surface area contributed by atoms with E-state index in [-0.39, 0.29) is 47.0 Å². The minimum atomic E-state index is -1.43. The fraction of sp³-hybridized carbons (Fsp3) is 0.417. The van der Waals surface area contributed by atoms with Crippen LogP contribution >= 0.6 is 0 Å². The molecule has 1 aliphatic heterocycles. The lowest BCUT2D eigenvalue weighted by molar-refractivity contribution is -0.133. The van der Waals surface area contributed by atoms with Crippen molar-refractivity contribution in [3.05, 3.63) is 52.8 Å². The van der Waals surface area contributed by atoms with Crippen LogP contribution in [-0.4, -0.2) is 17.4 Å². The van der Waals surface area contributed by atoms with Crippen LogP contribution in [0, 0.1) is 29.8 Å². The lowest BCUT2D eigenvalue weighted by Crippen LogP contribution is -2.52. The van der Waals surface area contributed by atoms with Gasteiger partial charge in [-0.1, -0.05) is 20.8 Å². The van der Waals surface area contributed by atoms with E-state index < -0.39 is 29.0 Å². The molecule has 0 aliphatic carbocycles. The van der Waals surface area contributed by atoms with Crippen LogP contribution in [-0.2, 0) is 16.1 Å². The molecule has 3 rings (SSSR count). The molecular formula is C24H27F3N2O3. The maximum absolute atomic E-state index is 15.5. The predicted molar refractivity (Wildman–Crippen MR) is 116 cm³/mol. The first kappa shape index (κ1) is 23.6. The van der Waals surface area contributed by atoms with Gasteiger partial charge in [0.15, 0.2) is 17.2 Å². The third-order valence-electron chi connectivity index (χ3n) is 5.03. The number of carbonyl (C=O) groups is 2. The van der Waals surface area contributed by atoms with Crippen molar-refractivity contribution in [3.8, 4) is 5.75 Å². The summed E-state index contributed by atoms with van der Waals surface area (Å²) < 4.78 is 48.6. The zero-order chi connectivity index (χ0) is 24.0. The van der Waals surface area contributed by atoms with Crippen molar-refractivity contribution in [2.24, 2.45) is 5.41 Å². The predicted octanol–water partition coefficient (Wildman–Crippen LogP) is 5.49. The van der Waals surface area contributed by atoms with Crippen molar-refractivity contribution in [1.29, 1.82) is 0 Å². The molecule has 2 aromatic carbocycles. The van der Waals surface area contributed by atoms with Crippen molar-refractivity contribution >= 4 is 23.2 Å². The van der Waals surface area contributed by atoms with Gasteiger partial charge in [-0.3, -0.25) is 9.59 Å². The van der Waals surface area contributed by atoms with Gasteiger partial charge in [-0.05, 0) is 55.5 Å². The molecule has 8 heteroatoms. The second-order valence-electron chi connectivity index (χ2n) is 9.80. The summed E-state index contributed by atoms with van der Waals surface area (Å²) in [5, 5.41) is 2.61. The molecule has 5 nitrogen and oxygen atoms in total. The zero-order valence-corrected chi connectivity index (χ0v) is 19.0. The number of nitrogens with zero attached hydrogens (tertiary/aromatic N) is 1. The van der Waals surface area contributed by atoms with Crippen molar-refractivity contribution in [2.45, 2.75) is 60.1 Å². The summed E-state index contributed by atoms with van der Waals surface area (Å²) in [6, 6.07) is 4.48. The molecule has 172 valence electrons. The van der Waals surface area contributed by atoms with Crippen LogP contribution in [0.4, 0.5) is 24.5 Å². The number of anilines is 2. The van der Waals surface area contributed by atoms with E-state index in [1.165, 1.54) is 24.8 Å². The second-order valence-corrected chi connectivity index (χ2v) is 9.80. The number of rotatable bonds is 4. The first-order chi connectivity index (χ1) is 14.7. The molecule has 1 N–H and O–H groups in total. The minimum Gasteiger partial charge on any atom is -0.473 e. The maximum Gasteiger partial charge on any atom is 0.271 e. The Balaban J connectivity index is 2.05. The molecule has 0 atom stereocenters. The monoisotopic (exact) mass is 448 g/mol. The van der Waals surface area contributed by atoms with Gasteiger partial charge in [-0.25, -0.2) is 13.2 Å². The number of hydrogen-bond donors (Lipinski definition) is 1. The van der Waals surface area contributed by atoms with Gasteiger partial charge in [0, 0.05) is 12.5 Å². The smallest absolute Gasteiger partial charge is 0.271 e. The fourth-order valence-electron chi connectivity index (χ4n) is 3.63. The largest absolute Gasteiger partial charge is 0.473 e. The average Bonchev–Trinajstić information content (AvgIpc) is 2.61. The van der Waals surface area contributed by atoms with E-state index in [2.05, 4.69) is 5.32 Å². The SMILES string of the molecule is Cc1cc2c(c(F)c1NC(=O)CC(C)(C)C)OC(C)(C)C(=O)N2Cc1cc(F)cc(F)c1. The van der Waals surface area contributed by atoms with E-state index in [9.17, 15) is 18.4 Å². The summed E-state index contributed by atoms with van der Waals surface area (Å²) in [6.45, 7) is 10.1. The van der Waals surface area contributed by atoms with Crippen LogP contribution in [0.5, 0.6) is 5.75 Å². The van der Waals surface area contributed by atoms with Gasteiger partial charge < -0.3 is 15.0 Å². The molecule has 0 unspecified atom stereocenters. The quantitative estimate of drug-likeness (QED) is 0.673. The van der Waals surface area contributed by atoms with Crippen molar-refractivity contribution in [3.63, 3.8) is 0 Å². The highest BCUT2D eigenvalue weighted by atomic mass is 19.1. The summed E-state index contributed by atoms with van der Waals surface area (Å²) in [7, 11) is 0. The highest BCUT2D eigenvalue weighted by molar-refractivity contribution is 6.03. The summed E-state index contributed by atoms with van der Waals surface area (Å²) in [5.41, 5.74) is -1.02. The molecule has 32 heavy (non-hydrogen) atoms. The Bertz CT molecular complexity index is 1070. The first-order valence-corrected chi connectivity index (χ1v) is 10.3. The Morgan fingerprint density at radius 1 is 1.09 bits per heavy atom. The van der Waals surface area contributed by atoms with Crippen LogP contribution < -0.4 is 15.0 Å². The highest BCUT2D eigenvalue weighted by Gasteiger charge is 2.43. The van der Waals surface area contributed by atoms with E-state index in [0.717, 1.165) is 18.2 Å². The molecule has 2 aromatic rings. The maximum atomic E-state index is 15.5. The van der Waals surface area contributed by atoms with E-state index in [1.807, 2.05) is 20.8 Å². The standard InChI is InChI=1S/C24H27F3N2O3/c1-13-7-17-21(19(27)20(13)28-18(30)11-23(2,3)4)32-24(5,6)22(31)29(17)12-14-8-15(25)10-16(26)9-14/h7-10H,11-12H2,1-6H3,(H,28,30). The minimum absolute atomic E-state index is 0.0279. The third kappa shape index (κ3) is 4.89. The van der Waals surface area contributed by atoms with E-state index in [1.54, 1.807) is 6.92 Å². The number of fused-ring (bicyclic) bond motifs is 1. The van der Waals surface area contributed by atoms with E-state index >= 15 is 4.39 Å². The van der Waals surface area contributed by atoms with Crippen LogP contribution in [0.2, 0.25) is 0 Å². The van der Waals surface area contributed by atoms with E-state index in [4.69, 9.17) is 4.74 Å². The summed E-state index contributed by atoms with van der Waals surface area (Å²) in [4.78, 5) is 26.7. The molecule has 0 saturated carbocycles. The highest BCUT2D eigenvalue weighted by Crippen LogP contribution is 2.44. The number of amides is 2. The lowest BCUT2D eigenvalue weighted by atomic mass is 9.92. The Morgan fingerprint density at radius 3 is 2.25 bits per heavy atom. The van der Waals surface area contributed by atoms with Crippen molar-refractivity contribution in [1.82, 2.24) is 0 Å². The number of nitrogens with one attached hydrogen (secondary N) is 1. The van der Waals surface area contributed by atoms with Gasteiger partial charge in [0.05, 0.1) is 17.9 Å². The van der Waals surface area contributed by atoms with Crippen molar-refractivity contribution < 1.29 is 27.5 Å². The Labute approximate surface area is 185 Å². The van der Waals surface area contributed by atoms with Gasteiger partial charge in [-0.15, -0.1) is 0 Å². The van der Waals surface area contributed by atoms with Crippen LogP contribution in [0.15, 0.2) is 24.3 Å². The Morgan fingerprint density at radius 2 is 1.69 bits per heavy atom. The molecule has 0 saturated heterocycles. The van der Waals surface area contributed by atoms with Crippen LogP contribution in [0.1, 0.15) is 52.2 Å². The van der Waals surface area contributed by atoms with Crippen LogP contribution in [0.25, 0.3) is 0 Å². The number of carbonyl (C=O) groups excluding carboxylic acids is 2. The Hall–Kier alpha value is -3.03. The zero-order valence-electron chi connectivity index (χ0n) is 19.0. The molecule has 0 radical (unpaired) electrons. The number of halogens is 3. The summed E-state index contributed by atoms with van der Waals surface area (Å²) >= 11 is 0. The lowest BCUT2D eigenvalue weighted by Gasteiger charge is -2.39. The van der Waals surface area contributed by atoms with Gasteiger partial charge in [-0.2, -0.15) is 0 Å². The molecule has 0 spiro atoms. The number of aryl methyl sites for hydroxylation is 1. The molecule has 1 heterocycles. The summed E-state index contributed by atoms with van der Waals surface area (Å²) in [6.07, 6.45) is 0.186. The third-order valence-corrected chi connectivity index (χ3v) is 5.03. The topological polar surface area (TPSA) is 58.6 Å². The second kappa shape index (κ2) is 8.15. The molecular weight excluding hydrogens is 421 g/mol. The molecule has 0 fully saturated rings. The normalized spacial score (nSPS) is 15.3. The van der Waals surface area contributed by atoms with Gasteiger partial charge in [0.1, 0.15) is 11.6 Å². The number of ether oxygens (including phenoxy) is 1. The van der Waals surface area contributed by atoms with E-state index in [0.29, 0.717) is 5.56 Å². The molecule has 2 amide bonds. The Kier molecular flexibility index (Phi) is 6.02. The van der Waals surface area contributed by atoms with Crippen LogP contribution in [0.3, 0.4) is 0 Å². The van der Waals surface area contributed by atoms with Crippen molar-refractivity contribution in [2.75, 3.05) is 10.2 Å². The molecule has 0 aromatic heterocycles. The van der Waals surface area contributed by atoms with Gasteiger partial charge >= 0.3 is 0 Å². The fourth-order valence-corrected chi connectivity index (χ4v) is 3.63. The average molecular weight is 448 g/mol. The summed E-state index contributed by atoms with van der Waals surface area (Å²) in [5.74, 6) is -3.41.